The maximum atomic E-state index is 13.1. The van der Waals surface area contributed by atoms with Crippen LogP contribution in [0.2, 0.25) is 0 Å². The van der Waals surface area contributed by atoms with E-state index in [4.69, 9.17) is 0 Å². The average molecular weight is 221 g/mol. The normalized spacial score (nSPS) is 29.6. The van der Waals surface area contributed by atoms with Crippen LogP contribution in [0, 0.1) is 12.7 Å². The molecule has 16 heavy (non-hydrogen) atoms. The van der Waals surface area contributed by atoms with Crippen LogP contribution >= 0.6 is 0 Å². The number of aryl methyl sites for hydroxylation is 1. The molecule has 2 atom stereocenters. The summed E-state index contributed by atoms with van der Waals surface area (Å²) < 4.78 is 13.1. The molecule has 0 saturated heterocycles. The van der Waals surface area contributed by atoms with Crippen LogP contribution in [0.1, 0.15) is 37.3 Å². The van der Waals surface area contributed by atoms with Gasteiger partial charge in [-0.05, 0) is 61.9 Å². The molecule has 2 unspecified atom stereocenters. The fraction of sp³-hybridized carbons (Fsp3) is 0.571. The van der Waals surface area contributed by atoms with Gasteiger partial charge < -0.3 is 5.32 Å². The first kappa shape index (κ1) is 11.6. The van der Waals surface area contributed by atoms with Crippen molar-refractivity contribution in [3.8, 4) is 0 Å². The van der Waals surface area contributed by atoms with Crippen molar-refractivity contribution in [2.45, 2.75) is 44.6 Å². The molecule has 0 bridgehead atoms. The maximum Gasteiger partial charge on any atom is 0.123 e. The Hall–Kier alpha value is -0.890. The topological polar surface area (TPSA) is 12.0 Å². The van der Waals surface area contributed by atoms with Gasteiger partial charge in [-0.25, -0.2) is 4.39 Å². The van der Waals surface area contributed by atoms with E-state index in [-0.39, 0.29) is 11.2 Å². The summed E-state index contributed by atoms with van der Waals surface area (Å²) in [6.07, 6.45) is 3.55. The Bertz CT molecular complexity index is 388. The number of nitrogens with one attached hydrogen (secondary N) is 1. The molecule has 0 heterocycles. The van der Waals surface area contributed by atoms with Gasteiger partial charge in [0.15, 0.2) is 0 Å². The molecule has 0 aliphatic heterocycles. The highest BCUT2D eigenvalue weighted by Crippen LogP contribution is 2.41. The molecular weight excluding hydrogens is 201 g/mol. The summed E-state index contributed by atoms with van der Waals surface area (Å²) in [6.45, 7) is 4.31. The molecule has 1 aliphatic rings. The molecule has 0 amide bonds. The Labute approximate surface area is 97.1 Å². The van der Waals surface area contributed by atoms with E-state index >= 15 is 0 Å². The molecule has 0 radical (unpaired) electrons. The van der Waals surface area contributed by atoms with Crippen LogP contribution in [0.3, 0.4) is 0 Å². The van der Waals surface area contributed by atoms with Gasteiger partial charge in [-0.3, -0.25) is 0 Å². The zero-order valence-electron chi connectivity index (χ0n) is 10.3. The van der Waals surface area contributed by atoms with Crippen LogP contribution in [0.25, 0.3) is 0 Å². The van der Waals surface area contributed by atoms with Gasteiger partial charge in [-0.15, -0.1) is 0 Å². The second kappa shape index (κ2) is 4.17. The van der Waals surface area contributed by atoms with E-state index in [2.05, 4.69) is 12.2 Å². The van der Waals surface area contributed by atoms with Crippen LogP contribution in [0.5, 0.6) is 0 Å². The SMILES string of the molecule is CNC1CCC(C)(c2ccc(F)cc2C)C1. The number of hydrogen-bond donors (Lipinski definition) is 1. The Morgan fingerprint density at radius 3 is 2.75 bits per heavy atom. The first-order chi connectivity index (χ1) is 7.55. The highest BCUT2D eigenvalue weighted by atomic mass is 19.1. The molecule has 1 nitrogen and oxygen atoms in total. The van der Waals surface area contributed by atoms with Crippen molar-refractivity contribution in [1.82, 2.24) is 5.32 Å². The summed E-state index contributed by atoms with van der Waals surface area (Å²) in [5.41, 5.74) is 2.61. The van der Waals surface area contributed by atoms with Gasteiger partial charge in [0.05, 0.1) is 0 Å². The Kier molecular flexibility index (Phi) is 3.02. The lowest BCUT2D eigenvalue weighted by atomic mass is 9.78. The van der Waals surface area contributed by atoms with E-state index in [0.717, 1.165) is 12.0 Å². The lowest BCUT2D eigenvalue weighted by molar-refractivity contribution is 0.463. The average Bonchev–Trinajstić information content (AvgIpc) is 2.61. The molecule has 1 aromatic carbocycles. The summed E-state index contributed by atoms with van der Waals surface area (Å²) >= 11 is 0. The minimum Gasteiger partial charge on any atom is -0.317 e. The first-order valence-electron chi connectivity index (χ1n) is 5.99. The van der Waals surface area contributed by atoms with Crippen LogP contribution in [-0.2, 0) is 5.41 Å². The fourth-order valence-corrected chi connectivity index (χ4v) is 3.04. The standard InChI is InChI=1S/C14H20FN/c1-10-8-11(15)4-5-13(10)14(2)7-6-12(9-14)16-3/h4-5,8,12,16H,6-7,9H2,1-3H3. The summed E-state index contributed by atoms with van der Waals surface area (Å²) in [6, 6.07) is 5.80. The van der Waals surface area contributed by atoms with Crippen molar-refractivity contribution in [2.75, 3.05) is 7.05 Å². The second-order valence-corrected chi connectivity index (χ2v) is 5.25. The minimum atomic E-state index is -0.131. The molecule has 88 valence electrons. The summed E-state index contributed by atoms with van der Waals surface area (Å²) in [7, 11) is 2.02. The zero-order chi connectivity index (χ0) is 11.8. The van der Waals surface area contributed by atoms with E-state index in [1.807, 2.05) is 20.0 Å². The van der Waals surface area contributed by atoms with Crippen molar-refractivity contribution in [1.29, 1.82) is 0 Å². The third-order valence-electron chi connectivity index (χ3n) is 3.99. The predicted molar refractivity (Wildman–Crippen MR) is 65.2 cm³/mol. The minimum absolute atomic E-state index is 0.131. The quantitative estimate of drug-likeness (QED) is 0.809. The Morgan fingerprint density at radius 2 is 2.19 bits per heavy atom. The summed E-state index contributed by atoms with van der Waals surface area (Å²) in [4.78, 5) is 0. The van der Waals surface area contributed by atoms with Crippen LogP contribution < -0.4 is 5.32 Å². The monoisotopic (exact) mass is 221 g/mol. The molecule has 1 aliphatic carbocycles. The zero-order valence-corrected chi connectivity index (χ0v) is 10.3. The number of benzene rings is 1. The van der Waals surface area contributed by atoms with Crippen molar-refractivity contribution >= 4 is 0 Å². The molecule has 1 aromatic rings. The van der Waals surface area contributed by atoms with Gasteiger partial charge in [0.25, 0.3) is 0 Å². The van der Waals surface area contributed by atoms with Crippen LogP contribution in [0.4, 0.5) is 4.39 Å². The lowest BCUT2D eigenvalue weighted by Gasteiger charge is -2.27. The molecular formula is C14H20FN. The highest BCUT2D eigenvalue weighted by Gasteiger charge is 2.36. The van der Waals surface area contributed by atoms with Crippen LogP contribution in [0.15, 0.2) is 18.2 Å². The molecule has 0 spiro atoms. The first-order valence-corrected chi connectivity index (χ1v) is 5.99. The third-order valence-corrected chi connectivity index (χ3v) is 3.99. The van der Waals surface area contributed by atoms with Gasteiger partial charge in [-0.2, -0.15) is 0 Å². The summed E-state index contributed by atoms with van der Waals surface area (Å²) in [5, 5.41) is 3.35. The molecule has 2 heteroatoms. The van der Waals surface area contributed by atoms with Crippen LogP contribution in [-0.4, -0.2) is 13.1 Å². The number of hydrogen-bond acceptors (Lipinski definition) is 1. The van der Waals surface area contributed by atoms with Gasteiger partial charge in [0.1, 0.15) is 5.82 Å². The molecule has 1 N–H and O–H groups in total. The van der Waals surface area contributed by atoms with E-state index < -0.39 is 0 Å². The number of rotatable bonds is 2. The van der Waals surface area contributed by atoms with Gasteiger partial charge in [0.2, 0.25) is 0 Å². The van der Waals surface area contributed by atoms with Gasteiger partial charge >= 0.3 is 0 Å². The molecule has 1 saturated carbocycles. The Balaban J connectivity index is 2.30. The van der Waals surface area contributed by atoms with Crippen molar-refractivity contribution in [3.05, 3.63) is 35.1 Å². The van der Waals surface area contributed by atoms with E-state index in [1.54, 1.807) is 12.1 Å². The van der Waals surface area contributed by atoms with E-state index in [9.17, 15) is 4.39 Å². The highest BCUT2D eigenvalue weighted by molar-refractivity contribution is 5.34. The molecule has 2 rings (SSSR count). The summed E-state index contributed by atoms with van der Waals surface area (Å²) in [5.74, 6) is -0.131. The van der Waals surface area contributed by atoms with E-state index in [0.29, 0.717) is 6.04 Å². The predicted octanol–water partition coefficient (Wildman–Crippen LogP) is 3.16. The van der Waals surface area contributed by atoms with Crippen molar-refractivity contribution in [2.24, 2.45) is 0 Å². The second-order valence-electron chi connectivity index (χ2n) is 5.25. The van der Waals surface area contributed by atoms with E-state index in [1.165, 1.54) is 18.4 Å². The molecule has 1 fully saturated rings. The lowest BCUT2D eigenvalue weighted by Crippen LogP contribution is -2.26. The fourth-order valence-electron chi connectivity index (χ4n) is 3.04. The molecule has 0 aromatic heterocycles. The smallest absolute Gasteiger partial charge is 0.123 e. The maximum absolute atomic E-state index is 13.1. The largest absolute Gasteiger partial charge is 0.317 e. The van der Waals surface area contributed by atoms with Crippen molar-refractivity contribution < 1.29 is 4.39 Å². The number of halogens is 1. The van der Waals surface area contributed by atoms with Crippen molar-refractivity contribution in [3.63, 3.8) is 0 Å². The van der Waals surface area contributed by atoms with Gasteiger partial charge in [-0.1, -0.05) is 13.0 Å². The Morgan fingerprint density at radius 1 is 1.44 bits per heavy atom. The van der Waals surface area contributed by atoms with Gasteiger partial charge in [0, 0.05) is 6.04 Å². The third kappa shape index (κ3) is 1.99.